The Labute approximate surface area is 114 Å². The second-order valence-corrected chi connectivity index (χ2v) is 4.86. The fourth-order valence-corrected chi connectivity index (χ4v) is 1.97. The van der Waals surface area contributed by atoms with Gasteiger partial charge in [-0.15, -0.1) is 0 Å². The van der Waals surface area contributed by atoms with E-state index in [4.69, 9.17) is 4.74 Å². The molecule has 0 amide bonds. The fraction of sp³-hybridized carbons (Fsp3) is 0.600. The van der Waals surface area contributed by atoms with Gasteiger partial charge in [-0.05, 0) is 39.5 Å². The molecule has 0 spiro atoms. The van der Waals surface area contributed by atoms with Crippen LogP contribution >= 0.6 is 0 Å². The summed E-state index contributed by atoms with van der Waals surface area (Å²) in [4.78, 5) is 23.0. The van der Waals surface area contributed by atoms with Crippen molar-refractivity contribution in [3.8, 4) is 0 Å². The molecule has 1 aliphatic rings. The highest BCUT2D eigenvalue weighted by molar-refractivity contribution is 5.90. The summed E-state index contributed by atoms with van der Waals surface area (Å²) in [5.74, 6) is -0.703. The molecule has 4 nitrogen and oxygen atoms in total. The molecule has 106 valence electrons. The maximum Gasteiger partial charge on any atom is 0.333 e. The zero-order valence-electron chi connectivity index (χ0n) is 11.9. The van der Waals surface area contributed by atoms with Crippen molar-refractivity contribution in [2.45, 2.75) is 52.1 Å². The molecule has 0 aromatic rings. The summed E-state index contributed by atoms with van der Waals surface area (Å²) in [6.45, 7) is 3.33. The summed E-state index contributed by atoms with van der Waals surface area (Å²) in [6, 6.07) is 0. The Balaban J connectivity index is 2.53. The second-order valence-electron chi connectivity index (χ2n) is 4.86. The van der Waals surface area contributed by atoms with Crippen molar-refractivity contribution in [1.29, 1.82) is 0 Å². The molecule has 0 N–H and O–H groups in total. The van der Waals surface area contributed by atoms with Crippen LogP contribution in [0.15, 0.2) is 23.3 Å². The Hall–Kier alpha value is -1.58. The molecule has 19 heavy (non-hydrogen) atoms. The van der Waals surface area contributed by atoms with E-state index in [1.165, 1.54) is 13.5 Å². The predicted octanol–water partition coefficient (Wildman–Crippen LogP) is 2.93. The molecule has 0 bridgehead atoms. The summed E-state index contributed by atoms with van der Waals surface area (Å²) >= 11 is 0. The molecule has 0 unspecified atom stereocenters. The van der Waals surface area contributed by atoms with Gasteiger partial charge >= 0.3 is 11.9 Å². The lowest BCUT2D eigenvalue weighted by atomic mass is 9.98. The van der Waals surface area contributed by atoms with E-state index in [2.05, 4.69) is 4.74 Å². The van der Waals surface area contributed by atoms with Gasteiger partial charge in [-0.2, -0.15) is 0 Å². The number of esters is 2. The van der Waals surface area contributed by atoms with Gasteiger partial charge in [0, 0.05) is 11.1 Å². The van der Waals surface area contributed by atoms with Gasteiger partial charge in [0.2, 0.25) is 0 Å². The van der Waals surface area contributed by atoms with Crippen LogP contribution in [0.5, 0.6) is 0 Å². The molecule has 1 fully saturated rings. The Morgan fingerprint density at radius 1 is 0.947 bits per heavy atom. The van der Waals surface area contributed by atoms with E-state index >= 15 is 0 Å². The lowest BCUT2D eigenvalue weighted by Crippen LogP contribution is -2.21. The molecule has 0 heterocycles. The summed E-state index contributed by atoms with van der Waals surface area (Å²) in [7, 11) is 1.33. The molecule has 0 aliphatic heterocycles. The van der Waals surface area contributed by atoms with Crippen LogP contribution in [-0.4, -0.2) is 25.2 Å². The number of hydrogen-bond donors (Lipinski definition) is 0. The SMILES string of the molecule is COC(=O)C(C)=CC=C(C)C(=O)OC1CCCCC1. The van der Waals surface area contributed by atoms with E-state index < -0.39 is 5.97 Å². The van der Waals surface area contributed by atoms with Gasteiger partial charge in [0.05, 0.1) is 7.11 Å². The third-order valence-corrected chi connectivity index (χ3v) is 3.24. The van der Waals surface area contributed by atoms with Gasteiger partial charge in [0.25, 0.3) is 0 Å². The third kappa shape index (κ3) is 5.28. The number of carbonyl (C=O) groups is 2. The van der Waals surface area contributed by atoms with Crippen molar-refractivity contribution in [1.82, 2.24) is 0 Å². The normalized spacial score (nSPS) is 18.1. The maximum absolute atomic E-state index is 11.8. The number of allylic oxidation sites excluding steroid dienone is 2. The Morgan fingerprint density at radius 2 is 1.47 bits per heavy atom. The first-order valence-corrected chi connectivity index (χ1v) is 6.69. The Morgan fingerprint density at radius 3 is 2.00 bits per heavy atom. The summed E-state index contributed by atoms with van der Waals surface area (Å²) < 4.78 is 9.99. The second kappa shape index (κ2) is 7.77. The lowest BCUT2D eigenvalue weighted by molar-refractivity contribution is -0.145. The fourth-order valence-electron chi connectivity index (χ4n) is 1.97. The summed E-state index contributed by atoms with van der Waals surface area (Å²) in [6.07, 6.45) is 8.61. The Bertz CT molecular complexity index is 387. The number of hydrogen-bond acceptors (Lipinski definition) is 4. The van der Waals surface area contributed by atoms with Crippen LogP contribution in [-0.2, 0) is 19.1 Å². The van der Waals surface area contributed by atoms with Gasteiger partial charge in [0.15, 0.2) is 0 Å². The van der Waals surface area contributed by atoms with E-state index in [1.54, 1.807) is 26.0 Å². The molecule has 1 saturated carbocycles. The molecule has 0 aromatic heterocycles. The molecular formula is C15H22O4. The van der Waals surface area contributed by atoms with Gasteiger partial charge < -0.3 is 9.47 Å². The molecule has 0 radical (unpaired) electrons. The van der Waals surface area contributed by atoms with Crippen LogP contribution in [0.3, 0.4) is 0 Å². The van der Waals surface area contributed by atoms with Crippen LogP contribution in [0, 0.1) is 0 Å². The van der Waals surface area contributed by atoms with Crippen LogP contribution in [0.1, 0.15) is 46.0 Å². The zero-order chi connectivity index (χ0) is 14.3. The molecule has 0 aromatic carbocycles. The first-order valence-electron chi connectivity index (χ1n) is 6.69. The van der Waals surface area contributed by atoms with Gasteiger partial charge in [-0.25, -0.2) is 9.59 Å². The lowest BCUT2D eigenvalue weighted by Gasteiger charge is -2.21. The molecule has 0 atom stereocenters. The Kier molecular flexibility index (Phi) is 6.33. The zero-order valence-corrected chi connectivity index (χ0v) is 11.9. The smallest absolute Gasteiger partial charge is 0.333 e. The van der Waals surface area contributed by atoms with Crippen molar-refractivity contribution in [3.05, 3.63) is 23.3 Å². The quantitative estimate of drug-likeness (QED) is 0.446. The first kappa shape index (κ1) is 15.5. The first-order chi connectivity index (χ1) is 9.04. The van der Waals surface area contributed by atoms with Gasteiger partial charge in [-0.1, -0.05) is 18.6 Å². The summed E-state index contributed by atoms with van der Waals surface area (Å²) in [5, 5.41) is 0. The van der Waals surface area contributed by atoms with Crippen LogP contribution in [0.4, 0.5) is 0 Å². The average molecular weight is 266 g/mol. The third-order valence-electron chi connectivity index (χ3n) is 3.24. The van der Waals surface area contributed by atoms with Gasteiger partial charge in [-0.3, -0.25) is 0 Å². The molecule has 1 rings (SSSR count). The van der Waals surface area contributed by atoms with Crippen molar-refractivity contribution in [3.63, 3.8) is 0 Å². The molecular weight excluding hydrogens is 244 g/mol. The largest absolute Gasteiger partial charge is 0.466 e. The highest BCUT2D eigenvalue weighted by Crippen LogP contribution is 2.21. The average Bonchev–Trinajstić information content (AvgIpc) is 2.44. The highest BCUT2D eigenvalue weighted by atomic mass is 16.5. The number of rotatable bonds is 4. The van der Waals surface area contributed by atoms with E-state index in [9.17, 15) is 9.59 Å². The molecule has 1 aliphatic carbocycles. The molecule has 4 heteroatoms. The number of ether oxygens (including phenoxy) is 2. The van der Waals surface area contributed by atoms with Crippen molar-refractivity contribution in [2.24, 2.45) is 0 Å². The van der Waals surface area contributed by atoms with E-state index in [-0.39, 0.29) is 12.1 Å². The van der Waals surface area contributed by atoms with E-state index in [0.29, 0.717) is 11.1 Å². The monoisotopic (exact) mass is 266 g/mol. The number of carbonyl (C=O) groups excluding carboxylic acids is 2. The highest BCUT2D eigenvalue weighted by Gasteiger charge is 2.18. The van der Waals surface area contributed by atoms with Crippen molar-refractivity contribution < 1.29 is 19.1 Å². The topological polar surface area (TPSA) is 52.6 Å². The van der Waals surface area contributed by atoms with Crippen LogP contribution in [0.25, 0.3) is 0 Å². The minimum Gasteiger partial charge on any atom is -0.466 e. The number of methoxy groups -OCH3 is 1. The minimum atomic E-state index is -0.398. The van der Waals surface area contributed by atoms with E-state index in [1.807, 2.05) is 0 Å². The van der Waals surface area contributed by atoms with Gasteiger partial charge in [0.1, 0.15) is 6.10 Å². The predicted molar refractivity (Wildman–Crippen MR) is 72.5 cm³/mol. The van der Waals surface area contributed by atoms with Crippen molar-refractivity contribution >= 4 is 11.9 Å². The molecule has 0 saturated heterocycles. The minimum absolute atomic E-state index is 0.0512. The standard InChI is InChI=1S/C15H22O4/c1-11(14(16)18-3)9-10-12(2)15(17)19-13-7-5-4-6-8-13/h9-10,13H,4-8H2,1-3H3. The van der Waals surface area contributed by atoms with Crippen LogP contribution in [0.2, 0.25) is 0 Å². The van der Waals surface area contributed by atoms with E-state index in [0.717, 1.165) is 25.7 Å². The summed E-state index contributed by atoms with van der Waals surface area (Å²) in [5.41, 5.74) is 0.946. The van der Waals surface area contributed by atoms with Crippen LogP contribution < -0.4 is 0 Å². The van der Waals surface area contributed by atoms with Crippen molar-refractivity contribution in [2.75, 3.05) is 7.11 Å². The maximum atomic E-state index is 11.8.